The van der Waals surface area contributed by atoms with Gasteiger partial charge in [-0.05, 0) is 53.5 Å². The Morgan fingerprint density at radius 2 is 2.10 bits per heavy atom. The Bertz CT molecular complexity index is 629. The topological polar surface area (TPSA) is 59.2 Å². The van der Waals surface area contributed by atoms with Crippen LogP contribution < -0.4 is 5.73 Å². The molecule has 0 bridgehead atoms. The lowest BCUT2D eigenvalue weighted by Gasteiger charge is -2.27. The fourth-order valence-electron chi connectivity index (χ4n) is 2.05. The molecule has 1 aromatic heterocycles. The molecule has 1 aromatic carbocycles. The smallest absolute Gasteiger partial charge is 0.255 e. The Morgan fingerprint density at radius 3 is 2.71 bits per heavy atom. The normalized spacial score (nSPS) is 10.7. The first-order chi connectivity index (χ1) is 10.0. The first-order valence-corrected chi connectivity index (χ1v) is 7.54. The molecule has 0 aliphatic rings. The number of aromatic nitrogens is 1. The summed E-state index contributed by atoms with van der Waals surface area (Å²) in [6, 6.07) is 9.24. The number of hydrogen-bond donors (Lipinski definition) is 1. The molecule has 0 radical (unpaired) electrons. The number of carbonyl (C=O) groups excluding carboxylic acids is 1. The van der Waals surface area contributed by atoms with Gasteiger partial charge in [-0.25, -0.2) is 0 Å². The van der Waals surface area contributed by atoms with E-state index in [2.05, 4.69) is 20.9 Å². The molecular weight excluding hydrogens is 330 g/mol. The molecule has 1 heterocycles. The molecule has 2 rings (SSSR count). The van der Waals surface area contributed by atoms with Crippen molar-refractivity contribution in [1.29, 1.82) is 0 Å². The highest BCUT2D eigenvalue weighted by Gasteiger charge is 2.21. The highest BCUT2D eigenvalue weighted by molar-refractivity contribution is 9.10. The quantitative estimate of drug-likeness (QED) is 0.861. The third-order valence-electron chi connectivity index (χ3n) is 3.22. The van der Waals surface area contributed by atoms with Gasteiger partial charge in [-0.1, -0.05) is 12.1 Å². The van der Waals surface area contributed by atoms with Crippen LogP contribution in [0.25, 0.3) is 0 Å². The third-order valence-corrected chi connectivity index (χ3v) is 4.10. The number of anilines is 1. The number of rotatable bonds is 4. The van der Waals surface area contributed by atoms with Gasteiger partial charge in [-0.3, -0.25) is 9.78 Å². The van der Waals surface area contributed by atoms with Crippen LogP contribution >= 0.6 is 15.9 Å². The number of nitrogens with zero attached hydrogens (tertiary/aromatic N) is 2. The first-order valence-electron chi connectivity index (χ1n) is 6.74. The zero-order chi connectivity index (χ0) is 15.4. The summed E-state index contributed by atoms with van der Waals surface area (Å²) in [5.74, 6) is -0.0481. The summed E-state index contributed by atoms with van der Waals surface area (Å²) in [6.07, 6.45) is 3.50. The van der Waals surface area contributed by atoms with Crippen molar-refractivity contribution in [2.75, 3.05) is 5.73 Å². The average molecular weight is 348 g/mol. The summed E-state index contributed by atoms with van der Waals surface area (Å²) in [4.78, 5) is 18.7. The van der Waals surface area contributed by atoms with Crippen LogP contribution in [-0.4, -0.2) is 21.8 Å². The van der Waals surface area contributed by atoms with E-state index in [9.17, 15) is 4.79 Å². The maximum atomic E-state index is 12.8. The van der Waals surface area contributed by atoms with Gasteiger partial charge in [0.05, 0.1) is 10.0 Å². The molecule has 0 aliphatic heterocycles. The number of nitrogens with two attached hydrogens (primary N) is 1. The molecule has 4 nitrogen and oxygen atoms in total. The summed E-state index contributed by atoms with van der Waals surface area (Å²) in [5.41, 5.74) is 8.00. The lowest BCUT2D eigenvalue weighted by atomic mass is 10.1. The molecule has 1 amide bonds. The van der Waals surface area contributed by atoms with Crippen molar-refractivity contribution < 1.29 is 4.79 Å². The Hall–Kier alpha value is -1.88. The van der Waals surface area contributed by atoms with Crippen LogP contribution in [0.15, 0.2) is 47.2 Å². The molecule has 110 valence electrons. The predicted octanol–water partition coefficient (Wildman–Crippen LogP) is 3.48. The van der Waals surface area contributed by atoms with Crippen molar-refractivity contribution in [3.8, 4) is 0 Å². The highest BCUT2D eigenvalue weighted by atomic mass is 79.9. The lowest BCUT2D eigenvalue weighted by Crippen LogP contribution is -2.36. The van der Waals surface area contributed by atoms with Crippen molar-refractivity contribution >= 4 is 27.5 Å². The van der Waals surface area contributed by atoms with Crippen LogP contribution in [0.3, 0.4) is 0 Å². The third kappa shape index (κ3) is 3.61. The zero-order valence-corrected chi connectivity index (χ0v) is 13.7. The Kier molecular flexibility index (Phi) is 4.96. The van der Waals surface area contributed by atoms with Crippen LogP contribution in [0.5, 0.6) is 0 Å². The number of pyridine rings is 1. The fourth-order valence-corrected chi connectivity index (χ4v) is 2.48. The van der Waals surface area contributed by atoms with Crippen LogP contribution in [0, 0.1) is 0 Å². The molecule has 5 heteroatoms. The lowest BCUT2D eigenvalue weighted by molar-refractivity contribution is 0.0689. The molecule has 0 aliphatic carbocycles. The largest absolute Gasteiger partial charge is 0.398 e. The summed E-state index contributed by atoms with van der Waals surface area (Å²) in [5, 5.41) is 0. The summed E-state index contributed by atoms with van der Waals surface area (Å²) >= 11 is 3.40. The predicted molar refractivity (Wildman–Crippen MR) is 87.8 cm³/mol. The maximum Gasteiger partial charge on any atom is 0.255 e. The fraction of sp³-hybridized carbons (Fsp3) is 0.250. The molecule has 2 aromatic rings. The van der Waals surface area contributed by atoms with Crippen LogP contribution in [0.2, 0.25) is 0 Å². The van der Waals surface area contributed by atoms with E-state index < -0.39 is 0 Å². The minimum atomic E-state index is -0.0481. The molecule has 0 atom stereocenters. The van der Waals surface area contributed by atoms with E-state index >= 15 is 0 Å². The molecule has 0 spiro atoms. The van der Waals surface area contributed by atoms with Crippen LogP contribution in [0.1, 0.15) is 29.8 Å². The van der Waals surface area contributed by atoms with Gasteiger partial charge in [0.25, 0.3) is 5.91 Å². The molecule has 21 heavy (non-hydrogen) atoms. The number of carbonyl (C=O) groups is 1. The highest BCUT2D eigenvalue weighted by Crippen LogP contribution is 2.26. The summed E-state index contributed by atoms with van der Waals surface area (Å²) < 4.78 is 0.645. The number of nitrogen functional groups attached to an aromatic ring is 1. The Balaban J connectivity index is 2.30. The van der Waals surface area contributed by atoms with Crippen molar-refractivity contribution in [2.45, 2.75) is 26.4 Å². The molecule has 0 saturated carbocycles. The molecule has 0 fully saturated rings. The Morgan fingerprint density at radius 1 is 1.33 bits per heavy atom. The first kappa shape index (κ1) is 15.5. The van der Waals surface area contributed by atoms with Crippen molar-refractivity contribution in [3.63, 3.8) is 0 Å². The monoisotopic (exact) mass is 347 g/mol. The number of amides is 1. The van der Waals surface area contributed by atoms with E-state index in [4.69, 9.17) is 5.73 Å². The van der Waals surface area contributed by atoms with Crippen LogP contribution in [-0.2, 0) is 6.54 Å². The van der Waals surface area contributed by atoms with Gasteiger partial charge < -0.3 is 10.6 Å². The van der Waals surface area contributed by atoms with Crippen LogP contribution in [0.4, 0.5) is 5.69 Å². The molecular formula is C16H18BrN3O. The van der Waals surface area contributed by atoms with Gasteiger partial charge in [-0.2, -0.15) is 0 Å². The minimum absolute atomic E-state index is 0.0481. The van der Waals surface area contributed by atoms with Gasteiger partial charge in [0.2, 0.25) is 0 Å². The number of hydrogen-bond acceptors (Lipinski definition) is 3. The number of benzene rings is 1. The second-order valence-electron chi connectivity index (χ2n) is 5.10. The molecule has 2 N–H and O–H groups in total. The van der Waals surface area contributed by atoms with E-state index in [1.807, 2.05) is 26.0 Å². The van der Waals surface area contributed by atoms with Crippen molar-refractivity contribution in [1.82, 2.24) is 9.88 Å². The van der Waals surface area contributed by atoms with E-state index in [1.165, 1.54) is 0 Å². The van der Waals surface area contributed by atoms with Crippen molar-refractivity contribution in [3.05, 3.63) is 58.3 Å². The SMILES string of the molecule is CC(C)N(Cc1cccnc1)C(=O)c1cccc(N)c1Br. The van der Waals surface area contributed by atoms with Gasteiger partial charge in [0.1, 0.15) is 0 Å². The van der Waals surface area contributed by atoms with Gasteiger partial charge in [0, 0.05) is 30.7 Å². The standard InChI is InChI=1S/C16H18BrN3O/c1-11(2)20(10-12-5-4-8-19-9-12)16(21)13-6-3-7-14(18)15(13)17/h3-9,11H,10,18H2,1-2H3. The number of halogens is 1. The molecule has 0 saturated heterocycles. The van der Waals surface area contributed by atoms with Crippen molar-refractivity contribution in [2.24, 2.45) is 0 Å². The Labute approximate surface area is 133 Å². The zero-order valence-electron chi connectivity index (χ0n) is 12.1. The van der Waals surface area contributed by atoms with E-state index in [-0.39, 0.29) is 11.9 Å². The van der Waals surface area contributed by atoms with Gasteiger partial charge in [-0.15, -0.1) is 0 Å². The van der Waals surface area contributed by atoms with E-state index in [0.29, 0.717) is 22.3 Å². The van der Waals surface area contributed by atoms with Gasteiger partial charge in [0.15, 0.2) is 0 Å². The van der Waals surface area contributed by atoms with E-state index in [0.717, 1.165) is 5.56 Å². The van der Waals surface area contributed by atoms with E-state index in [1.54, 1.807) is 35.5 Å². The second-order valence-corrected chi connectivity index (χ2v) is 5.89. The average Bonchev–Trinajstić information content (AvgIpc) is 2.48. The summed E-state index contributed by atoms with van der Waals surface area (Å²) in [7, 11) is 0. The minimum Gasteiger partial charge on any atom is -0.398 e. The summed E-state index contributed by atoms with van der Waals surface area (Å²) in [6.45, 7) is 4.51. The maximum absolute atomic E-state index is 12.8. The molecule has 0 unspecified atom stereocenters. The second kappa shape index (κ2) is 6.72. The van der Waals surface area contributed by atoms with Gasteiger partial charge >= 0.3 is 0 Å².